The lowest BCUT2D eigenvalue weighted by atomic mass is 10.1. The van der Waals surface area contributed by atoms with Gasteiger partial charge in [-0.15, -0.1) is 0 Å². The number of carbonyl (C=O) groups is 1. The first kappa shape index (κ1) is 9.28. The molecule has 0 radical (unpaired) electrons. The molecule has 14 heavy (non-hydrogen) atoms. The molecule has 0 aliphatic heterocycles. The van der Waals surface area contributed by atoms with Crippen molar-refractivity contribution in [2.75, 3.05) is 0 Å². The fourth-order valence-corrected chi connectivity index (χ4v) is 1.63. The van der Waals surface area contributed by atoms with Gasteiger partial charge in [0.05, 0.1) is 5.92 Å². The van der Waals surface area contributed by atoms with Crippen molar-refractivity contribution < 1.29 is 4.79 Å². The van der Waals surface area contributed by atoms with Gasteiger partial charge in [-0.3, -0.25) is 0 Å². The Labute approximate surface area is 86.9 Å². The van der Waals surface area contributed by atoms with Crippen LogP contribution in [0.3, 0.4) is 0 Å². The number of fused-ring (bicyclic) bond motifs is 1. The average Bonchev–Trinajstić information content (AvgIpc) is 2.59. The second kappa shape index (κ2) is 3.46. The van der Waals surface area contributed by atoms with E-state index in [2.05, 4.69) is 4.98 Å². The Kier molecular flexibility index (Phi) is 2.30. The van der Waals surface area contributed by atoms with E-state index in [1.54, 1.807) is 0 Å². The number of hydrogen-bond acceptors (Lipinski definition) is 1. The molecule has 0 bridgehead atoms. The maximum atomic E-state index is 10.6. The quantitative estimate of drug-likeness (QED) is 0.755. The molecule has 3 heteroatoms. The van der Waals surface area contributed by atoms with E-state index in [0.717, 1.165) is 22.9 Å². The van der Waals surface area contributed by atoms with E-state index in [4.69, 9.17) is 11.6 Å². The van der Waals surface area contributed by atoms with Gasteiger partial charge in [-0.2, -0.15) is 0 Å². The van der Waals surface area contributed by atoms with Gasteiger partial charge in [0, 0.05) is 21.6 Å². The minimum Gasteiger partial charge on any atom is -0.358 e. The highest BCUT2D eigenvalue weighted by Gasteiger charge is 2.07. The molecule has 0 saturated carbocycles. The topological polar surface area (TPSA) is 32.9 Å². The molecular weight excluding hydrogens is 198 g/mol. The first-order chi connectivity index (χ1) is 6.70. The zero-order valence-electron chi connectivity index (χ0n) is 7.75. The highest BCUT2D eigenvalue weighted by molar-refractivity contribution is 6.31. The third-order valence-electron chi connectivity index (χ3n) is 2.30. The summed E-state index contributed by atoms with van der Waals surface area (Å²) in [6.45, 7) is 1.86. The summed E-state index contributed by atoms with van der Waals surface area (Å²) in [7, 11) is 0. The summed E-state index contributed by atoms with van der Waals surface area (Å²) in [5.74, 6) is -0.0961. The number of H-pyrrole nitrogens is 1. The first-order valence-electron chi connectivity index (χ1n) is 4.44. The molecule has 0 aliphatic carbocycles. The summed E-state index contributed by atoms with van der Waals surface area (Å²) in [4.78, 5) is 13.8. The Morgan fingerprint density at radius 2 is 2.21 bits per heavy atom. The smallest absolute Gasteiger partial charge is 0.128 e. The number of nitrogens with one attached hydrogen (secondary N) is 1. The summed E-state index contributed by atoms with van der Waals surface area (Å²) >= 11 is 5.86. The van der Waals surface area contributed by atoms with E-state index < -0.39 is 0 Å². The Hall–Kier alpha value is -1.28. The van der Waals surface area contributed by atoms with E-state index in [9.17, 15) is 4.79 Å². The largest absolute Gasteiger partial charge is 0.358 e. The second-order valence-electron chi connectivity index (χ2n) is 3.38. The van der Waals surface area contributed by atoms with Crippen molar-refractivity contribution in [3.8, 4) is 0 Å². The molecule has 2 nitrogen and oxygen atoms in total. The molecule has 0 amide bonds. The Morgan fingerprint density at radius 1 is 1.43 bits per heavy atom. The fourth-order valence-electron chi connectivity index (χ4n) is 1.44. The van der Waals surface area contributed by atoms with Gasteiger partial charge in [-0.05, 0) is 24.3 Å². The zero-order valence-corrected chi connectivity index (χ0v) is 8.51. The Morgan fingerprint density at radius 3 is 2.93 bits per heavy atom. The molecule has 72 valence electrons. The normalized spacial score (nSPS) is 13.0. The van der Waals surface area contributed by atoms with Crippen LogP contribution in [0, 0.1) is 0 Å². The van der Waals surface area contributed by atoms with Gasteiger partial charge < -0.3 is 9.78 Å². The van der Waals surface area contributed by atoms with Gasteiger partial charge in [0.1, 0.15) is 6.29 Å². The number of halogens is 1. The van der Waals surface area contributed by atoms with Gasteiger partial charge >= 0.3 is 0 Å². The summed E-state index contributed by atoms with van der Waals surface area (Å²) in [6.07, 6.45) is 0.923. The number of carbonyl (C=O) groups excluding carboxylic acids is 1. The molecule has 1 aromatic heterocycles. The monoisotopic (exact) mass is 207 g/mol. The Balaban J connectivity index is 2.56. The van der Waals surface area contributed by atoms with Crippen molar-refractivity contribution in [2.45, 2.75) is 12.8 Å². The van der Waals surface area contributed by atoms with Crippen LogP contribution in [-0.4, -0.2) is 11.3 Å². The van der Waals surface area contributed by atoms with Crippen LogP contribution in [0.5, 0.6) is 0 Å². The van der Waals surface area contributed by atoms with Crippen LogP contribution < -0.4 is 0 Å². The molecule has 1 aromatic carbocycles. The molecule has 1 atom stereocenters. The lowest BCUT2D eigenvalue weighted by molar-refractivity contribution is -0.108. The minimum atomic E-state index is -0.0961. The minimum absolute atomic E-state index is 0.0961. The molecule has 0 spiro atoms. The third-order valence-corrected chi connectivity index (χ3v) is 2.53. The standard InChI is InChI=1S/C11H10ClNO/c1-7(6-14)11-5-8-4-9(12)2-3-10(8)13-11/h2-7,13H,1H3. The number of benzene rings is 1. The maximum absolute atomic E-state index is 10.6. The van der Waals surface area contributed by atoms with Crippen LogP contribution in [-0.2, 0) is 4.79 Å². The molecule has 1 N–H and O–H groups in total. The summed E-state index contributed by atoms with van der Waals surface area (Å²) in [6, 6.07) is 7.59. The molecule has 1 heterocycles. The highest BCUT2D eigenvalue weighted by atomic mass is 35.5. The summed E-state index contributed by atoms with van der Waals surface area (Å²) in [5, 5.41) is 1.75. The average molecular weight is 208 g/mol. The van der Waals surface area contributed by atoms with E-state index in [0.29, 0.717) is 5.02 Å². The molecule has 0 saturated heterocycles. The first-order valence-corrected chi connectivity index (χ1v) is 4.82. The van der Waals surface area contributed by atoms with E-state index in [-0.39, 0.29) is 5.92 Å². The summed E-state index contributed by atoms with van der Waals surface area (Å²) < 4.78 is 0. The van der Waals surface area contributed by atoms with Gasteiger partial charge in [0.15, 0.2) is 0 Å². The van der Waals surface area contributed by atoms with Crippen molar-refractivity contribution in [2.24, 2.45) is 0 Å². The third kappa shape index (κ3) is 1.53. The van der Waals surface area contributed by atoms with Crippen molar-refractivity contribution >= 4 is 28.8 Å². The van der Waals surface area contributed by atoms with Crippen LogP contribution in [0.15, 0.2) is 24.3 Å². The van der Waals surface area contributed by atoms with Crippen molar-refractivity contribution in [1.29, 1.82) is 0 Å². The van der Waals surface area contributed by atoms with Crippen LogP contribution >= 0.6 is 11.6 Å². The summed E-state index contributed by atoms with van der Waals surface area (Å²) in [5.41, 5.74) is 1.94. The van der Waals surface area contributed by atoms with Crippen molar-refractivity contribution in [1.82, 2.24) is 4.98 Å². The zero-order chi connectivity index (χ0) is 10.1. The number of rotatable bonds is 2. The van der Waals surface area contributed by atoms with Crippen LogP contribution in [0.25, 0.3) is 10.9 Å². The molecule has 0 aliphatic rings. The van der Waals surface area contributed by atoms with Gasteiger partial charge in [0.25, 0.3) is 0 Å². The van der Waals surface area contributed by atoms with Gasteiger partial charge in [0.2, 0.25) is 0 Å². The van der Waals surface area contributed by atoms with Crippen molar-refractivity contribution in [3.63, 3.8) is 0 Å². The van der Waals surface area contributed by atoms with E-state index in [1.807, 2.05) is 31.2 Å². The van der Waals surface area contributed by atoms with Gasteiger partial charge in [-0.1, -0.05) is 18.5 Å². The number of aromatic nitrogens is 1. The van der Waals surface area contributed by atoms with Crippen LogP contribution in [0.1, 0.15) is 18.5 Å². The molecule has 0 fully saturated rings. The fraction of sp³-hybridized carbons (Fsp3) is 0.182. The predicted octanol–water partition coefficient (Wildman–Crippen LogP) is 3.12. The number of hydrogen-bond donors (Lipinski definition) is 1. The number of aromatic amines is 1. The second-order valence-corrected chi connectivity index (χ2v) is 3.82. The van der Waals surface area contributed by atoms with Crippen LogP contribution in [0.2, 0.25) is 5.02 Å². The van der Waals surface area contributed by atoms with E-state index >= 15 is 0 Å². The molecular formula is C11H10ClNO. The Bertz CT molecular complexity index is 475. The van der Waals surface area contributed by atoms with Gasteiger partial charge in [-0.25, -0.2) is 0 Å². The SMILES string of the molecule is CC(C=O)c1cc2cc(Cl)ccc2[nH]1. The maximum Gasteiger partial charge on any atom is 0.128 e. The van der Waals surface area contributed by atoms with Crippen molar-refractivity contribution in [3.05, 3.63) is 35.0 Å². The molecule has 2 rings (SSSR count). The van der Waals surface area contributed by atoms with Crippen LogP contribution in [0.4, 0.5) is 0 Å². The predicted molar refractivity (Wildman–Crippen MR) is 57.8 cm³/mol. The molecule has 2 aromatic rings. The van der Waals surface area contributed by atoms with E-state index in [1.165, 1.54) is 0 Å². The number of aldehydes is 1. The lowest BCUT2D eigenvalue weighted by Crippen LogP contribution is -1.93. The molecule has 1 unspecified atom stereocenters. The lowest BCUT2D eigenvalue weighted by Gasteiger charge is -1.96. The highest BCUT2D eigenvalue weighted by Crippen LogP contribution is 2.23.